The van der Waals surface area contributed by atoms with Gasteiger partial charge in [0.05, 0.1) is 19.2 Å². The maximum atomic E-state index is 13.7. The fourth-order valence-corrected chi connectivity index (χ4v) is 3.93. The number of fused-ring (bicyclic) bond motifs is 1. The van der Waals surface area contributed by atoms with Gasteiger partial charge >= 0.3 is 0 Å². The largest absolute Gasteiger partial charge is 0.492 e. The lowest BCUT2D eigenvalue weighted by atomic mass is 10.0. The van der Waals surface area contributed by atoms with Gasteiger partial charge in [0.15, 0.2) is 0 Å². The standard InChI is InChI=1S/C26H33FN4O5/c1-17-16-36-23-10-3-2-7-19(23)8-5-11-28-26(35)22(15-32)31-24(33)14-29-25(34)21(30-17)13-18-6-4-9-20(27)12-18/h2-4,6-7,9-10,12,17,21-22,30,32H,5,8,11,13-16H2,1H3,(H,28,35)(H,29,34)(H,31,33)/t17-,21+,22-/m0/s1. The van der Waals surface area contributed by atoms with E-state index in [9.17, 15) is 23.9 Å². The van der Waals surface area contributed by atoms with E-state index in [0.717, 1.165) is 5.56 Å². The van der Waals surface area contributed by atoms with E-state index >= 15 is 0 Å². The first kappa shape index (κ1) is 27.1. The zero-order valence-electron chi connectivity index (χ0n) is 20.3. The highest BCUT2D eigenvalue weighted by atomic mass is 19.1. The number of amides is 3. The van der Waals surface area contributed by atoms with Gasteiger partial charge in [-0.25, -0.2) is 4.39 Å². The second-order valence-electron chi connectivity index (χ2n) is 8.79. The smallest absolute Gasteiger partial charge is 0.244 e. The number of carbonyl (C=O) groups is 3. The fourth-order valence-electron chi connectivity index (χ4n) is 3.93. The van der Waals surface area contributed by atoms with Crippen LogP contribution in [0.15, 0.2) is 48.5 Å². The molecule has 10 heteroatoms. The molecule has 0 radical (unpaired) electrons. The number of ether oxygens (including phenoxy) is 1. The van der Waals surface area contributed by atoms with Crippen LogP contribution in [-0.4, -0.2) is 67.3 Å². The number of rotatable bonds is 3. The van der Waals surface area contributed by atoms with Crippen molar-refractivity contribution in [2.24, 2.45) is 0 Å². The van der Waals surface area contributed by atoms with Crippen molar-refractivity contribution in [3.63, 3.8) is 0 Å². The summed E-state index contributed by atoms with van der Waals surface area (Å²) in [6, 6.07) is 11.4. The van der Waals surface area contributed by atoms with Gasteiger partial charge in [-0.1, -0.05) is 30.3 Å². The molecule has 36 heavy (non-hydrogen) atoms. The average molecular weight is 501 g/mol. The number of aryl methyl sites for hydroxylation is 1. The van der Waals surface area contributed by atoms with Gasteiger partial charge in [-0.15, -0.1) is 0 Å². The van der Waals surface area contributed by atoms with Gasteiger partial charge in [0.25, 0.3) is 0 Å². The Morgan fingerprint density at radius 1 is 1.03 bits per heavy atom. The van der Waals surface area contributed by atoms with E-state index in [4.69, 9.17) is 4.74 Å². The molecule has 5 N–H and O–H groups in total. The summed E-state index contributed by atoms with van der Waals surface area (Å²) < 4.78 is 19.8. The quantitative estimate of drug-likeness (QED) is 0.416. The molecular weight excluding hydrogens is 467 g/mol. The Balaban J connectivity index is 1.79. The summed E-state index contributed by atoms with van der Waals surface area (Å²) in [4.78, 5) is 37.7. The summed E-state index contributed by atoms with van der Waals surface area (Å²) in [6.07, 6.45) is 1.48. The molecule has 0 spiro atoms. The zero-order valence-corrected chi connectivity index (χ0v) is 20.3. The average Bonchev–Trinajstić information content (AvgIpc) is 2.86. The first-order valence-corrected chi connectivity index (χ1v) is 12.0. The lowest BCUT2D eigenvalue weighted by Crippen LogP contribution is -2.54. The number of nitrogens with one attached hydrogen (secondary N) is 4. The second kappa shape index (κ2) is 13.6. The first-order chi connectivity index (χ1) is 17.4. The maximum Gasteiger partial charge on any atom is 0.244 e. The first-order valence-electron chi connectivity index (χ1n) is 12.0. The van der Waals surface area contributed by atoms with Crippen molar-refractivity contribution < 1.29 is 28.6 Å². The number of halogens is 1. The maximum absolute atomic E-state index is 13.7. The minimum atomic E-state index is -1.13. The van der Waals surface area contributed by atoms with Gasteiger partial charge < -0.3 is 25.8 Å². The van der Waals surface area contributed by atoms with E-state index in [1.807, 2.05) is 31.2 Å². The molecule has 0 aliphatic carbocycles. The summed E-state index contributed by atoms with van der Waals surface area (Å²) in [5, 5.41) is 20.5. The number of hydrogen-bond acceptors (Lipinski definition) is 6. The van der Waals surface area contributed by atoms with Gasteiger partial charge in [-0.05, 0) is 55.5 Å². The van der Waals surface area contributed by atoms with E-state index in [2.05, 4.69) is 21.3 Å². The van der Waals surface area contributed by atoms with Crippen molar-refractivity contribution >= 4 is 17.7 Å². The molecule has 9 nitrogen and oxygen atoms in total. The summed E-state index contributed by atoms with van der Waals surface area (Å²) in [6.45, 7) is 1.54. The molecule has 194 valence electrons. The van der Waals surface area contributed by atoms with Crippen molar-refractivity contribution in [3.05, 3.63) is 65.5 Å². The van der Waals surface area contributed by atoms with Gasteiger partial charge in [0.2, 0.25) is 17.7 Å². The molecule has 3 atom stereocenters. The van der Waals surface area contributed by atoms with E-state index in [0.29, 0.717) is 30.7 Å². The zero-order chi connectivity index (χ0) is 25.9. The highest BCUT2D eigenvalue weighted by molar-refractivity contribution is 5.91. The SMILES string of the molecule is C[C@H]1COc2ccccc2CCCNC(=O)[C@H](CO)NC(=O)CNC(=O)[C@@H](Cc2cccc(F)c2)N1. The third-order valence-electron chi connectivity index (χ3n) is 5.77. The Kier molecular flexibility index (Phi) is 10.2. The van der Waals surface area contributed by atoms with Gasteiger partial charge in [-0.2, -0.15) is 0 Å². The van der Waals surface area contributed by atoms with Gasteiger partial charge in [0, 0.05) is 12.6 Å². The van der Waals surface area contributed by atoms with Crippen LogP contribution in [0.3, 0.4) is 0 Å². The number of para-hydroxylation sites is 1. The predicted octanol–water partition coefficient (Wildman–Crippen LogP) is 0.450. The third kappa shape index (κ3) is 8.31. The molecule has 0 unspecified atom stereocenters. The summed E-state index contributed by atoms with van der Waals surface area (Å²) in [5.41, 5.74) is 1.59. The molecular formula is C26H33FN4O5. The molecule has 0 bridgehead atoms. The number of carbonyl (C=O) groups excluding carboxylic acids is 3. The van der Waals surface area contributed by atoms with Crippen molar-refractivity contribution in [1.29, 1.82) is 0 Å². The van der Waals surface area contributed by atoms with Crippen LogP contribution in [0.5, 0.6) is 5.75 Å². The molecule has 1 aliphatic heterocycles. The van der Waals surface area contributed by atoms with Crippen molar-refractivity contribution in [3.8, 4) is 5.75 Å². The van der Waals surface area contributed by atoms with Crippen LogP contribution in [-0.2, 0) is 27.2 Å². The fraction of sp³-hybridized carbons (Fsp3) is 0.423. The Labute approximate surface area is 209 Å². The Bertz CT molecular complexity index is 1050. The van der Waals surface area contributed by atoms with Crippen molar-refractivity contribution in [2.45, 2.75) is 44.3 Å². The van der Waals surface area contributed by atoms with Crippen LogP contribution in [0, 0.1) is 5.82 Å². The minimum Gasteiger partial charge on any atom is -0.492 e. The molecule has 0 aromatic heterocycles. The Morgan fingerprint density at radius 2 is 1.81 bits per heavy atom. The van der Waals surface area contributed by atoms with Gasteiger partial charge in [-0.3, -0.25) is 19.7 Å². The summed E-state index contributed by atoms with van der Waals surface area (Å²) in [7, 11) is 0. The minimum absolute atomic E-state index is 0.188. The van der Waals surface area contributed by atoms with E-state index < -0.39 is 42.2 Å². The lowest BCUT2D eigenvalue weighted by Gasteiger charge is -2.24. The molecule has 1 heterocycles. The Hall–Kier alpha value is -3.50. The molecule has 0 fully saturated rings. The predicted molar refractivity (Wildman–Crippen MR) is 132 cm³/mol. The number of aliphatic hydroxyl groups is 1. The monoisotopic (exact) mass is 500 g/mol. The highest BCUT2D eigenvalue weighted by Crippen LogP contribution is 2.20. The van der Waals surface area contributed by atoms with E-state index in [-0.39, 0.29) is 25.6 Å². The molecule has 0 saturated heterocycles. The van der Waals surface area contributed by atoms with Crippen LogP contribution in [0.2, 0.25) is 0 Å². The van der Waals surface area contributed by atoms with Gasteiger partial charge in [0.1, 0.15) is 24.2 Å². The molecule has 2 aromatic carbocycles. The highest BCUT2D eigenvalue weighted by Gasteiger charge is 2.24. The number of hydrogen-bond donors (Lipinski definition) is 5. The van der Waals surface area contributed by atoms with Crippen molar-refractivity contribution in [1.82, 2.24) is 21.3 Å². The second-order valence-corrected chi connectivity index (χ2v) is 8.79. The number of benzene rings is 2. The molecule has 3 rings (SSSR count). The van der Waals surface area contributed by atoms with Crippen molar-refractivity contribution in [2.75, 3.05) is 26.3 Å². The van der Waals surface area contributed by atoms with Crippen LogP contribution >= 0.6 is 0 Å². The number of aliphatic hydroxyl groups excluding tert-OH is 1. The van der Waals surface area contributed by atoms with Crippen LogP contribution in [0.25, 0.3) is 0 Å². The summed E-state index contributed by atoms with van der Waals surface area (Å²) >= 11 is 0. The molecule has 2 aromatic rings. The topological polar surface area (TPSA) is 129 Å². The van der Waals surface area contributed by atoms with E-state index in [1.54, 1.807) is 12.1 Å². The van der Waals surface area contributed by atoms with Crippen LogP contribution in [0.4, 0.5) is 4.39 Å². The van der Waals surface area contributed by atoms with Crippen LogP contribution < -0.4 is 26.0 Å². The van der Waals surface area contributed by atoms with Crippen LogP contribution in [0.1, 0.15) is 24.5 Å². The third-order valence-corrected chi connectivity index (χ3v) is 5.77. The normalized spacial score (nSPS) is 22.6. The molecule has 0 saturated carbocycles. The molecule has 3 amide bonds. The molecule has 1 aliphatic rings. The summed E-state index contributed by atoms with van der Waals surface area (Å²) in [5.74, 6) is -1.29. The van der Waals surface area contributed by atoms with E-state index in [1.165, 1.54) is 12.1 Å². The Morgan fingerprint density at radius 3 is 2.58 bits per heavy atom. The lowest BCUT2D eigenvalue weighted by molar-refractivity contribution is -0.131.